The molecule has 0 saturated heterocycles. The van der Waals surface area contributed by atoms with Crippen LogP contribution in [-0.2, 0) is 4.79 Å². The van der Waals surface area contributed by atoms with Crippen LogP contribution in [0.5, 0.6) is 0 Å². The summed E-state index contributed by atoms with van der Waals surface area (Å²) in [7, 11) is 3.57. The van der Waals surface area contributed by atoms with Gasteiger partial charge < -0.3 is 5.11 Å². The first-order valence-electron chi connectivity index (χ1n) is 5.31. The fourth-order valence-corrected chi connectivity index (χ4v) is 1.91. The maximum absolute atomic E-state index is 11.2. The maximum atomic E-state index is 11.2. The van der Waals surface area contributed by atoms with Gasteiger partial charge in [0.25, 0.3) is 0 Å². The molecule has 1 aromatic carbocycles. The zero-order valence-corrected chi connectivity index (χ0v) is 10.5. The summed E-state index contributed by atoms with van der Waals surface area (Å²) < 4.78 is 0. The second-order valence-electron chi connectivity index (χ2n) is 4.50. The molecule has 3 nitrogen and oxygen atoms in total. The van der Waals surface area contributed by atoms with Crippen molar-refractivity contribution in [1.29, 1.82) is 0 Å². The Labute approximate surface area is 96.7 Å². The minimum Gasteiger partial charge on any atom is -0.480 e. The van der Waals surface area contributed by atoms with Gasteiger partial charge in [0.05, 0.1) is 0 Å². The van der Waals surface area contributed by atoms with Gasteiger partial charge in [-0.3, -0.25) is 9.69 Å². The molecule has 0 aliphatic heterocycles. The van der Waals surface area contributed by atoms with Crippen LogP contribution in [0.25, 0.3) is 0 Å². The van der Waals surface area contributed by atoms with Crippen molar-refractivity contribution in [1.82, 2.24) is 4.90 Å². The van der Waals surface area contributed by atoms with Crippen molar-refractivity contribution in [2.24, 2.45) is 0 Å². The molecule has 88 valence electrons. The quantitative estimate of drug-likeness (QED) is 0.851. The van der Waals surface area contributed by atoms with E-state index in [1.54, 1.807) is 19.0 Å². The lowest BCUT2D eigenvalue weighted by Gasteiger charge is -2.23. The van der Waals surface area contributed by atoms with Gasteiger partial charge in [0, 0.05) is 0 Å². The maximum Gasteiger partial charge on any atom is 0.325 e. The van der Waals surface area contributed by atoms with Gasteiger partial charge in [-0.25, -0.2) is 0 Å². The summed E-state index contributed by atoms with van der Waals surface area (Å²) in [5.41, 5.74) is 4.24. The number of hydrogen-bond acceptors (Lipinski definition) is 2. The Bertz CT molecular complexity index is 411. The fraction of sp³-hybridized carbons (Fsp3) is 0.462. The lowest BCUT2D eigenvalue weighted by Crippen LogP contribution is -2.28. The monoisotopic (exact) mass is 221 g/mol. The Morgan fingerprint density at radius 1 is 1.12 bits per heavy atom. The van der Waals surface area contributed by atoms with Crippen molar-refractivity contribution in [2.75, 3.05) is 14.1 Å². The average Bonchev–Trinajstić information content (AvgIpc) is 2.12. The number of likely N-dealkylation sites (N-methyl/N-ethyl adjacent to an activating group) is 1. The van der Waals surface area contributed by atoms with Crippen LogP contribution in [0.15, 0.2) is 12.1 Å². The van der Waals surface area contributed by atoms with Crippen LogP contribution in [0.3, 0.4) is 0 Å². The topological polar surface area (TPSA) is 40.5 Å². The summed E-state index contributed by atoms with van der Waals surface area (Å²) in [6, 6.07) is 3.45. The van der Waals surface area contributed by atoms with E-state index in [4.69, 9.17) is 0 Å². The van der Waals surface area contributed by atoms with Crippen molar-refractivity contribution in [3.63, 3.8) is 0 Å². The molecule has 1 rings (SSSR count). The molecule has 1 atom stereocenters. The van der Waals surface area contributed by atoms with Crippen molar-refractivity contribution >= 4 is 5.97 Å². The number of carbonyl (C=O) groups is 1. The van der Waals surface area contributed by atoms with E-state index in [-0.39, 0.29) is 0 Å². The Kier molecular flexibility index (Phi) is 3.70. The smallest absolute Gasteiger partial charge is 0.325 e. The normalized spacial score (nSPS) is 12.9. The Morgan fingerprint density at radius 3 is 2.06 bits per heavy atom. The Balaban J connectivity index is 3.30. The second-order valence-corrected chi connectivity index (χ2v) is 4.50. The van der Waals surface area contributed by atoms with E-state index >= 15 is 0 Å². The third-order valence-electron chi connectivity index (χ3n) is 2.93. The molecule has 0 aliphatic carbocycles. The van der Waals surface area contributed by atoms with Gasteiger partial charge in [-0.2, -0.15) is 0 Å². The molecule has 0 bridgehead atoms. The highest BCUT2D eigenvalue weighted by Gasteiger charge is 2.24. The fourth-order valence-electron chi connectivity index (χ4n) is 1.91. The highest BCUT2D eigenvalue weighted by Crippen LogP contribution is 2.25. The standard InChI is InChI=1S/C13H19NO2/c1-8-6-10(3)11(7-9(8)2)12(13(15)16)14(4)5/h6-7,12H,1-5H3,(H,15,16). The van der Waals surface area contributed by atoms with E-state index in [2.05, 4.69) is 0 Å². The number of rotatable bonds is 3. The van der Waals surface area contributed by atoms with Crippen molar-refractivity contribution < 1.29 is 9.90 Å². The third kappa shape index (κ3) is 2.42. The molecule has 1 N–H and O–H groups in total. The van der Waals surface area contributed by atoms with Crippen LogP contribution in [0, 0.1) is 20.8 Å². The molecule has 1 unspecified atom stereocenters. The summed E-state index contributed by atoms with van der Waals surface area (Å²) in [5.74, 6) is -0.809. The van der Waals surface area contributed by atoms with Crippen LogP contribution in [-0.4, -0.2) is 30.1 Å². The molecule has 0 aromatic heterocycles. The molecule has 1 aromatic rings. The minimum absolute atomic E-state index is 0.570. The molecule has 0 amide bonds. The lowest BCUT2D eigenvalue weighted by atomic mass is 9.95. The van der Waals surface area contributed by atoms with Gasteiger partial charge in [-0.15, -0.1) is 0 Å². The molecular formula is C13H19NO2. The number of aryl methyl sites for hydroxylation is 3. The summed E-state index contributed by atoms with van der Waals surface area (Å²) in [6.07, 6.45) is 0. The number of benzene rings is 1. The predicted molar refractivity (Wildman–Crippen MR) is 64.7 cm³/mol. The predicted octanol–water partition coefficient (Wildman–Crippen LogP) is 2.30. The van der Waals surface area contributed by atoms with Crippen LogP contribution in [0.2, 0.25) is 0 Å². The Hall–Kier alpha value is -1.35. The van der Waals surface area contributed by atoms with Gasteiger partial charge in [-0.1, -0.05) is 12.1 Å². The van der Waals surface area contributed by atoms with E-state index in [0.29, 0.717) is 0 Å². The zero-order valence-electron chi connectivity index (χ0n) is 10.5. The van der Waals surface area contributed by atoms with Gasteiger partial charge in [0.1, 0.15) is 6.04 Å². The van der Waals surface area contributed by atoms with Gasteiger partial charge in [-0.05, 0) is 57.1 Å². The molecular weight excluding hydrogens is 202 g/mol. The highest BCUT2D eigenvalue weighted by atomic mass is 16.4. The van der Waals surface area contributed by atoms with Gasteiger partial charge in [0.15, 0.2) is 0 Å². The number of carboxylic acid groups (broad SMARTS) is 1. The van der Waals surface area contributed by atoms with Crippen molar-refractivity contribution in [3.05, 3.63) is 34.4 Å². The molecule has 16 heavy (non-hydrogen) atoms. The second kappa shape index (κ2) is 4.66. The Morgan fingerprint density at radius 2 is 1.62 bits per heavy atom. The van der Waals surface area contributed by atoms with Gasteiger partial charge >= 0.3 is 5.97 Å². The number of carboxylic acids is 1. The summed E-state index contributed by atoms with van der Waals surface area (Å²) >= 11 is 0. The van der Waals surface area contributed by atoms with Crippen LogP contribution < -0.4 is 0 Å². The first-order valence-corrected chi connectivity index (χ1v) is 5.31. The minimum atomic E-state index is -0.809. The van der Waals surface area contributed by atoms with Crippen LogP contribution in [0.4, 0.5) is 0 Å². The number of aliphatic carboxylic acids is 1. The van der Waals surface area contributed by atoms with E-state index < -0.39 is 12.0 Å². The largest absolute Gasteiger partial charge is 0.480 e. The highest BCUT2D eigenvalue weighted by molar-refractivity contribution is 5.76. The third-order valence-corrected chi connectivity index (χ3v) is 2.93. The molecule has 0 fully saturated rings. The first-order chi connectivity index (χ1) is 7.34. The molecule has 0 radical (unpaired) electrons. The number of hydrogen-bond donors (Lipinski definition) is 1. The SMILES string of the molecule is Cc1cc(C)c(C(C(=O)O)N(C)C)cc1C. The molecule has 3 heteroatoms. The summed E-state index contributed by atoms with van der Waals surface area (Å²) in [4.78, 5) is 13.0. The first kappa shape index (κ1) is 12.7. The van der Waals surface area contributed by atoms with Crippen LogP contribution in [0.1, 0.15) is 28.3 Å². The molecule has 0 spiro atoms. The van der Waals surface area contributed by atoms with E-state index in [0.717, 1.165) is 16.7 Å². The molecule has 0 aliphatic rings. The number of nitrogens with zero attached hydrogens (tertiary/aromatic N) is 1. The van der Waals surface area contributed by atoms with Crippen LogP contribution >= 0.6 is 0 Å². The lowest BCUT2D eigenvalue weighted by molar-refractivity contribution is -0.142. The zero-order chi connectivity index (χ0) is 12.5. The molecule has 0 saturated carbocycles. The van der Waals surface area contributed by atoms with E-state index in [9.17, 15) is 9.90 Å². The summed E-state index contributed by atoms with van der Waals surface area (Å²) in [6.45, 7) is 6.01. The average molecular weight is 221 g/mol. The summed E-state index contributed by atoms with van der Waals surface area (Å²) in [5, 5.41) is 9.24. The van der Waals surface area contributed by atoms with Crippen molar-refractivity contribution in [2.45, 2.75) is 26.8 Å². The van der Waals surface area contributed by atoms with Gasteiger partial charge in [0.2, 0.25) is 0 Å². The van der Waals surface area contributed by atoms with E-state index in [1.807, 2.05) is 32.9 Å². The van der Waals surface area contributed by atoms with E-state index in [1.165, 1.54) is 5.56 Å². The van der Waals surface area contributed by atoms with Crippen molar-refractivity contribution in [3.8, 4) is 0 Å². The molecule has 0 heterocycles.